The summed E-state index contributed by atoms with van der Waals surface area (Å²) in [6.07, 6.45) is 0. The summed E-state index contributed by atoms with van der Waals surface area (Å²) >= 11 is 5.30. The molecule has 1 aromatic carbocycles. The third-order valence-corrected chi connectivity index (χ3v) is 1.74. The van der Waals surface area contributed by atoms with Crippen molar-refractivity contribution in [3.05, 3.63) is 39.9 Å². The molecule has 4 nitrogen and oxygen atoms in total. The molecule has 15 heavy (non-hydrogen) atoms. The largest absolute Gasteiger partial charge is 0.293 e. The van der Waals surface area contributed by atoms with Crippen LogP contribution in [0.5, 0.6) is 0 Å². The third-order valence-electron chi connectivity index (χ3n) is 1.50. The molecule has 0 aliphatic rings. The van der Waals surface area contributed by atoms with Crippen LogP contribution >= 0.6 is 11.6 Å². The van der Waals surface area contributed by atoms with Gasteiger partial charge in [0.1, 0.15) is 0 Å². The molecule has 82 valence electrons. The van der Waals surface area contributed by atoms with Crippen LogP contribution in [0.3, 0.4) is 0 Å². The molecule has 0 heterocycles. The Balaban J connectivity index is 0.000000921. The topological polar surface area (TPSA) is 60.2 Å². The van der Waals surface area contributed by atoms with Crippen molar-refractivity contribution in [3.63, 3.8) is 0 Å². The van der Waals surface area contributed by atoms with Crippen molar-refractivity contribution >= 4 is 23.1 Å². The van der Waals surface area contributed by atoms with Crippen molar-refractivity contribution in [3.8, 4) is 0 Å². The number of rotatable bonds is 3. The summed E-state index contributed by atoms with van der Waals surface area (Å²) in [4.78, 5) is 20.8. The highest BCUT2D eigenvalue weighted by molar-refractivity contribution is 6.30. The molecule has 0 amide bonds. The Morgan fingerprint density at radius 3 is 2.53 bits per heavy atom. The number of carbonyl (C=O) groups is 1. The number of benzene rings is 1. The number of nitro benzene ring substituents is 1. The highest BCUT2D eigenvalue weighted by atomic mass is 35.5. The van der Waals surface area contributed by atoms with Crippen molar-refractivity contribution in [1.82, 2.24) is 0 Å². The van der Waals surface area contributed by atoms with E-state index in [1.165, 1.54) is 24.3 Å². The summed E-state index contributed by atoms with van der Waals surface area (Å²) in [6, 6.07) is 5.49. The highest BCUT2D eigenvalue weighted by Crippen LogP contribution is 2.13. The molecule has 0 aliphatic carbocycles. The van der Waals surface area contributed by atoms with Crippen LogP contribution in [-0.2, 0) is 0 Å². The van der Waals surface area contributed by atoms with E-state index in [-0.39, 0.29) is 22.9 Å². The van der Waals surface area contributed by atoms with Crippen molar-refractivity contribution in [1.29, 1.82) is 0 Å². The van der Waals surface area contributed by atoms with Gasteiger partial charge < -0.3 is 0 Å². The van der Waals surface area contributed by atoms with E-state index in [1.807, 2.05) is 13.8 Å². The molecular weight excluding hydrogens is 218 g/mol. The lowest BCUT2D eigenvalue weighted by atomic mass is 10.1. The van der Waals surface area contributed by atoms with Crippen LogP contribution in [0.4, 0.5) is 5.69 Å². The lowest BCUT2D eigenvalue weighted by Crippen LogP contribution is -2.00. The number of alkyl halides is 1. The maximum Gasteiger partial charge on any atom is 0.270 e. The first-order chi connectivity index (χ1) is 7.15. The Bertz CT molecular complexity index is 352. The molecule has 0 aliphatic heterocycles. The van der Waals surface area contributed by atoms with Gasteiger partial charge in [0, 0.05) is 17.7 Å². The minimum absolute atomic E-state index is 0.101. The predicted octanol–water partition coefficient (Wildman–Crippen LogP) is 3.04. The molecule has 0 bridgehead atoms. The van der Waals surface area contributed by atoms with E-state index < -0.39 is 4.92 Å². The van der Waals surface area contributed by atoms with Crippen LogP contribution in [0.1, 0.15) is 24.2 Å². The molecule has 1 aromatic rings. The second-order valence-electron chi connectivity index (χ2n) is 2.36. The molecule has 0 radical (unpaired) electrons. The first kappa shape index (κ1) is 13.6. The lowest BCUT2D eigenvalue weighted by molar-refractivity contribution is -0.384. The van der Waals surface area contributed by atoms with E-state index in [4.69, 9.17) is 11.6 Å². The van der Waals surface area contributed by atoms with Crippen LogP contribution in [0.15, 0.2) is 24.3 Å². The average molecular weight is 230 g/mol. The standard InChI is InChI=1S/C8H6ClNO3.C2H6/c9-5-8(11)6-2-1-3-7(4-6)10(12)13;1-2/h1-4H,5H2;1-2H3. The number of Topliss-reactive ketones (excluding diaryl/α,β-unsaturated/α-hetero) is 1. The second-order valence-corrected chi connectivity index (χ2v) is 2.63. The molecule has 0 fully saturated rings. The first-order valence-electron chi connectivity index (χ1n) is 4.49. The minimum Gasteiger partial charge on any atom is -0.293 e. The van der Waals surface area contributed by atoms with Gasteiger partial charge in [-0.2, -0.15) is 0 Å². The molecule has 1 rings (SSSR count). The van der Waals surface area contributed by atoms with Gasteiger partial charge in [-0.3, -0.25) is 14.9 Å². The summed E-state index contributed by atoms with van der Waals surface area (Å²) in [6.45, 7) is 4.00. The van der Waals surface area contributed by atoms with Gasteiger partial charge in [-0.15, -0.1) is 11.6 Å². The molecule has 0 spiro atoms. The van der Waals surface area contributed by atoms with E-state index in [2.05, 4.69) is 0 Å². The van der Waals surface area contributed by atoms with Crippen molar-refractivity contribution in [2.75, 3.05) is 5.88 Å². The van der Waals surface area contributed by atoms with Gasteiger partial charge >= 0.3 is 0 Å². The van der Waals surface area contributed by atoms with E-state index in [1.54, 1.807) is 0 Å². The van der Waals surface area contributed by atoms with Gasteiger partial charge in [-0.25, -0.2) is 0 Å². The Morgan fingerprint density at radius 2 is 2.07 bits per heavy atom. The first-order valence-corrected chi connectivity index (χ1v) is 5.02. The average Bonchev–Trinajstić information content (AvgIpc) is 2.30. The number of hydrogen-bond donors (Lipinski definition) is 0. The van der Waals surface area contributed by atoms with Gasteiger partial charge in [-0.05, 0) is 0 Å². The summed E-state index contributed by atoms with van der Waals surface area (Å²) in [5.74, 6) is -0.480. The van der Waals surface area contributed by atoms with Gasteiger partial charge in [0.05, 0.1) is 10.8 Å². The fourth-order valence-electron chi connectivity index (χ4n) is 0.870. The molecular formula is C10H12ClNO3. The molecule has 0 saturated heterocycles. The Labute approximate surface area is 93.0 Å². The number of ketones is 1. The zero-order valence-electron chi connectivity index (χ0n) is 8.57. The van der Waals surface area contributed by atoms with Gasteiger partial charge in [0.25, 0.3) is 5.69 Å². The summed E-state index contributed by atoms with van der Waals surface area (Å²) < 4.78 is 0. The molecule has 0 unspecified atom stereocenters. The fraction of sp³-hybridized carbons (Fsp3) is 0.300. The van der Waals surface area contributed by atoms with E-state index in [9.17, 15) is 14.9 Å². The fourth-order valence-corrected chi connectivity index (χ4v) is 1.02. The Morgan fingerprint density at radius 1 is 1.47 bits per heavy atom. The number of nitrogens with zero attached hydrogens (tertiary/aromatic N) is 1. The van der Waals surface area contributed by atoms with E-state index >= 15 is 0 Å². The Kier molecular flexibility index (Phi) is 6.29. The van der Waals surface area contributed by atoms with Gasteiger partial charge in [0.2, 0.25) is 0 Å². The zero-order valence-corrected chi connectivity index (χ0v) is 9.32. The maximum absolute atomic E-state index is 11.0. The number of non-ortho nitro benzene ring substituents is 1. The molecule has 5 heteroatoms. The van der Waals surface area contributed by atoms with Crippen molar-refractivity contribution in [2.45, 2.75) is 13.8 Å². The van der Waals surface area contributed by atoms with Crippen LogP contribution in [-0.4, -0.2) is 16.6 Å². The lowest BCUT2D eigenvalue weighted by Gasteiger charge is -1.95. The highest BCUT2D eigenvalue weighted by Gasteiger charge is 2.09. The normalized spacial score (nSPS) is 8.73. The SMILES string of the molecule is CC.O=C(CCl)c1cccc([N+](=O)[O-])c1. The minimum atomic E-state index is -0.551. The number of halogens is 1. The van der Waals surface area contributed by atoms with Crippen LogP contribution in [0.25, 0.3) is 0 Å². The number of hydrogen-bond acceptors (Lipinski definition) is 3. The maximum atomic E-state index is 11.0. The van der Waals surface area contributed by atoms with Crippen molar-refractivity contribution < 1.29 is 9.72 Å². The summed E-state index contributed by atoms with van der Waals surface area (Å²) in [5, 5.41) is 10.3. The molecule has 0 atom stereocenters. The van der Waals surface area contributed by atoms with Gasteiger partial charge in [0.15, 0.2) is 5.78 Å². The third kappa shape index (κ3) is 4.08. The summed E-state index contributed by atoms with van der Waals surface area (Å²) in [5.41, 5.74) is 0.167. The quantitative estimate of drug-likeness (QED) is 0.346. The monoisotopic (exact) mass is 229 g/mol. The molecule has 0 N–H and O–H groups in total. The molecule has 0 saturated carbocycles. The van der Waals surface area contributed by atoms with E-state index in [0.29, 0.717) is 0 Å². The smallest absolute Gasteiger partial charge is 0.270 e. The Hall–Kier alpha value is -1.42. The number of nitro groups is 1. The molecule has 0 aromatic heterocycles. The van der Waals surface area contributed by atoms with E-state index in [0.717, 1.165) is 0 Å². The van der Waals surface area contributed by atoms with Crippen LogP contribution < -0.4 is 0 Å². The second kappa shape index (κ2) is 6.95. The van der Waals surface area contributed by atoms with Crippen molar-refractivity contribution in [2.24, 2.45) is 0 Å². The van der Waals surface area contributed by atoms with Crippen LogP contribution in [0, 0.1) is 10.1 Å². The number of carbonyl (C=O) groups excluding carboxylic acids is 1. The van der Waals surface area contributed by atoms with Crippen LogP contribution in [0.2, 0.25) is 0 Å². The predicted molar refractivity (Wildman–Crippen MR) is 59.5 cm³/mol. The zero-order chi connectivity index (χ0) is 11.8. The summed E-state index contributed by atoms with van der Waals surface area (Å²) in [7, 11) is 0. The van der Waals surface area contributed by atoms with Gasteiger partial charge in [-0.1, -0.05) is 26.0 Å².